The van der Waals surface area contributed by atoms with E-state index in [1.165, 1.54) is 0 Å². The van der Waals surface area contributed by atoms with Crippen LogP contribution in [-0.4, -0.2) is 51.9 Å². The van der Waals surface area contributed by atoms with Crippen LogP contribution in [0.3, 0.4) is 0 Å². The lowest BCUT2D eigenvalue weighted by atomic mass is 9.71. The Morgan fingerprint density at radius 2 is 1.73 bits per heavy atom. The molecule has 0 atom stereocenters. The second-order valence-electron chi connectivity index (χ2n) is 8.08. The highest BCUT2D eigenvalue weighted by Gasteiger charge is 2.51. The van der Waals surface area contributed by atoms with Crippen LogP contribution in [0.5, 0.6) is 0 Å². The minimum absolute atomic E-state index is 0.200. The molecule has 5 nitrogen and oxygen atoms in total. The van der Waals surface area contributed by atoms with Crippen molar-refractivity contribution in [2.75, 3.05) is 19.6 Å². The first-order valence-electron chi connectivity index (χ1n) is 9.69. The molecule has 6 heteroatoms. The highest BCUT2D eigenvalue weighted by atomic mass is 19.1. The van der Waals surface area contributed by atoms with Crippen LogP contribution >= 0.6 is 0 Å². The third-order valence-corrected chi connectivity index (χ3v) is 6.48. The van der Waals surface area contributed by atoms with Gasteiger partial charge < -0.3 is 9.80 Å². The summed E-state index contributed by atoms with van der Waals surface area (Å²) in [6.07, 6.45) is 8.16. The van der Waals surface area contributed by atoms with Crippen molar-refractivity contribution in [2.45, 2.75) is 57.2 Å². The van der Waals surface area contributed by atoms with E-state index in [0.717, 1.165) is 31.4 Å². The number of aromatic nitrogens is 1. The number of hydrogen-bond donors (Lipinski definition) is 0. The predicted octanol–water partition coefficient (Wildman–Crippen LogP) is 2.71. The van der Waals surface area contributed by atoms with E-state index < -0.39 is 5.67 Å². The quantitative estimate of drug-likeness (QED) is 0.834. The molecule has 2 saturated heterocycles. The molecule has 1 aliphatic carbocycles. The number of hydrogen-bond acceptors (Lipinski definition) is 3. The van der Waals surface area contributed by atoms with Crippen LogP contribution in [0.4, 0.5) is 4.39 Å². The number of carbonyl (C=O) groups excluding carboxylic acids is 2. The fraction of sp³-hybridized carbons (Fsp3) is 0.650. The number of halogens is 1. The summed E-state index contributed by atoms with van der Waals surface area (Å²) in [6, 6.07) is 3.88. The summed E-state index contributed by atoms with van der Waals surface area (Å²) in [5.41, 5.74) is -0.915. The number of alkyl halides is 1. The summed E-state index contributed by atoms with van der Waals surface area (Å²) < 4.78 is 14.4. The molecule has 4 rings (SSSR count). The molecule has 2 amide bonds. The van der Waals surface area contributed by atoms with Gasteiger partial charge in [-0.25, -0.2) is 4.39 Å². The van der Waals surface area contributed by atoms with E-state index in [1.54, 1.807) is 17.3 Å². The lowest BCUT2D eigenvalue weighted by Gasteiger charge is -2.48. The third kappa shape index (κ3) is 2.99. The minimum atomic E-state index is -1.63. The Morgan fingerprint density at radius 3 is 2.35 bits per heavy atom. The molecule has 1 aromatic heterocycles. The van der Waals surface area contributed by atoms with Crippen molar-refractivity contribution < 1.29 is 14.0 Å². The van der Waals surface area contributed by atoms with Gasteiger partial charge in [0.2, 0.25) is 5.91 Å². The molecule has 0 bridgehead atoms. The molecular formula is C20H26FN3O2. The van der Waals surface area contributed by atoms with Gasteiger partial charge in [0.05, 0.1) is 5.41 Å². The third-order valence-electron chi connectivity index (χ3n) is 6.48. The smallest absolute Gasteiger partial charge is 0.260 e. The maximum absolute atomic E-state index is 14.4. The van der Waals surface area contributed by atoms with E-state index in [9.17, 15) is 14.0 Å². The minimum Gasteiger partial charge on any atom is -0.340 e. The van der Waals surface area contributed by atoms with Crippen molar-refractivity contribution in [3.05, 3.63) is 30.1 Å². The summed E-state index contributed by atoms with van der Waals surface area (Å²) in [7, 11) is 0. The Morgan fingerprint density at radius 1 is 1.04 bits per heavy atom. The standard InChI is InChI=1S/C20H26FN3O2/c21-20(6-1-7-20)18(26)23-13-8-19(9-14-23)5-2-12-24(17(19)25)15-16-3-10-22-11-4-16/h3-4,10-11H,1-2,5-9,12-15H2. The zero-order chi connectivity index (χ0) is 18.2. The topological polar surface area (TPSA) is 53.5 Å². The van der Waals surface area contributed by atoms with Gasteiger partial charge in [-0.1, -0.05) is 0 Å². The monoisotopic (exact) mass is 359 g/mol. The Hall–Kier alpha value is -1.98. The van der Waals surface area contributed by atoms with E-state index in [1.807, 2.05) is 17.0 Å². The number of likely N-dealkylation sites (tertiary alicyclic amines) is 2. The summed E-state index contributed by atoms with van der Waals surface area (Å²) >= 11 is 0. The molecule has 1 aromatic rings. The number of nitrogens with zero attached hydrogens (tertiary/aromatic N) is 3. The van der Waals surface area contributed by atoms with E-state index >= 15 is 0 Å². The van der Waals surface area contributed by atoms with Crippen molar-refractivity contribution in [3.8, 4) is 0 Å². The zero-order valence-corrected chi connectivity index (χ0v) is 15.1. The summed E-state index contributed by atoms with van der Waals surface area (Å²) in [6.45, 7) is 2.39. The van der Waals surface area contributed by atoms with E-state index in [0.29, 0.717) is 45.3 Å². The van der Waals surface area contributed by atoms with E-state index in [-0.39, 0.29) is 17.2 Å². The van der Waals surface area contributed by atoms with Crippen LogP contribution in [0.2, 0.25) is 0 Å². The number of carbonyl (C=O) groups is 2. The first-order chi connectivity index (χ1) is 12.5. The van der Waals surface area contributed by atoms with Crippen molar-refractivity contribution >= 4 is 11.8 Å². The van der Waals surface area contributed by atoms with Gasteiger partial charge in [0.25, 0.3) is 5.91 Å². The maximum Gasteiger partial charge on any atom is 0.260 e. The molecule has 3 aliphatic rings. The Kier molecular flexibility index (Phi) is 4.45. The molecule has 2 aliphatic heterocycles. The fourth-order valence-electron chi connectivity index (χ4n) is 4.60. The van der Waals surface area contributed by atoms with E-state index in [4.69, 9.17) is 0 Å². The van der Waals surface area contributed by atoms with Crippen LogP contribution in [-0.2, 0) is 16.1 Å². The molecule has 0 unspecified atom stereocenters. The average Bonchev–Trinajstić information content (AvgIpc) is 2.65. The van der Waals surface area contributed by atoms with Crippen molar-refractivity contribution in [1.29, 1.82) is 0 Å². The number of piperidine rings is 2. The molecule has 1 saturated carbocycles. The summed E-state index contributed by atoms with van der Waals surface area (Å²) in [5.74, 6) is -0.151. The molecule has 0 N–H and O–H groups in total. The van der Waals surface area contributed by atoms with Gasteiger partial charge in [-0.15, -0.1) is 0 Å². The van der Waals surface area contributed by atoms with Crippen LogP contribution in [0.25, 0.3) is 0 Å². The van der Waals surface area contributed by atoms with Crippen LogP contribution in [0, 0.1) is 5.41 Å². The average molecular weight is 359 g/mol. The molecule has 140 valence electrons. The van der Waals surface area contributed by atoms with Crippen LogP contribution in [0.15, 0.2) is 24.5 Å². The second kappa shape index (κ2) is 6.63. The molecule has 0 radical (unpaired) electrons. The Bertz CT molecular complexity index is 682. The van der Waals surface area contributed by atoms with Crippen LogP contribution in [0.1, 0.15) is 50.5 Å². The number of amides is 2. The Labute approximate surface area is 153 Å². The molecule has 26 heavy (non-hydrogen) atoms. The van der Waals surface area contributed by atoms with Crippen molar-refractivity contribution in [1.82, 2.24) is 14.8 Å². The molecular weight excluding hydrogens is 333 g/mol. The first kappa shape index (κ1) is 17.4. The summed E-state index contributed by atoms with van der Waals surface area (Å²) in [5, 5.41) is 0. The van der Waals surface area contributed by atoms with Gasteiger partial charge in [0, 0.05) is 38.6 Å². The first-order valence-corrected chi connectivity index (χ1v) is 9.69. The summed E-state index contributed by atoms with van der Waals surface area (Å²) in [4.78, 5) is 33.2. The van der Waals surface area contributed by atoms with E-state index in [2.05, 4.69) is 4.98 Å². The SMILES string of the molecule is O=C(N1CCC2(CCCN(Cc3ccncc3)C2=O)CC1)C1(F)CCC1. The largest absolute Gasteiger partial charge is 0.340 e. The van der Waals surface area contributed by atoms with Gasteiger partial charge in [-0.05, 0) is 62.6 Å². The molecule has 3 fully saturated rings. The molecule has 0 aromatic carbocycles. The second-order valence-corrected chi connectivity index (χ2v) is 8.08. The highest BCUT2D eigenvalue weighted by molar-refractivity contribution is 5.87. The van der Waals surface area contributed by atoms with Gasteiger partial charge in [-0.2, -0.15) is 0 Å². The predicted molar refractivity (Wildman–Crippen MR) is 94.8 cm³/mol. The Balaban J connectivity index is 1.41. The highest BCUT2D eigenvalue weighted by Crippen LogP contribution is 2.43. The maximum atomic E-state index is 14.4. The zero-order valence-electron chi connectivity index (χ0n) is 15.1. The molecule has 3 heterocycles. The van der Waals surface area contributed by atoms with Gasteiger partial charge in [0.15, 0.2) is 5.67 Å². The number of rotatable bonds is 3. The lowest BCUT2D eigenvalue weighted by molar-refractivity contribution is -0.159. The van der Waals surface area contributed by atoms with Gasteiger partial charge in [-0.3, -0.25) is 14.6 Å². The van der Waals surface area contributed by atoms with Gasteiger partial charge in [0.1, 0.15) is 0 Å². The van der Waals surface area contributed by atoms with Gasteiger partial charge >= 0.3 is 0 Å². The lowest BCUT2D eigenvalue weighted by Crippen LogP contribution is -2.57. The fourth-order valence-corrected chi connectivity index (χ4v) is 4.60. The normalized spacial score (nSPS) is 24.4. The van der Waals surface area contributed by atoms with Crippen LogP contribution < -0.4 is 0 Å². The molecule has 1 spiro atoms. The van der Waals surface area contributed by atoms with Crippen molar-refractivity contribution in [3.63, 3.8) is 0 Å². The van der Waals surface area contributed by atoms with Crippen molar-refractivity contribution in [2.24, 2.45) is 5.41 Å². The number of pyridine rings is 1.